The van der Waals surface area contributed by atoms with Gasteiger partial charge in [-0.25, -0.2) is 0 Å². The lowest BCUT2D eigenvalue weighted by Crippen LogP contribution is -2.61. The summed E-state index contributed by atoms with van der Waals surface area (Å²) < 4.78 is 13.9. The molecule has 230 valence electrons. The first-order valence-electron chi connectivity index (χ1n) is 16.4. The minimum atomic E-state index is -0.333. The first kappa shape index (κ1) is 27.4. The van der Waals surface area contributed by atoms with Gasteiger partial charge in [0.2, 0.25) is 23.6 Å². The van der Waals surface area contributed by atoms with Crippen molar-refractivity contribution in [1.82, 2.24) is 21.3 Å². The Bertz CT molecular complexity index is 1140. The summed E-state index contributed by atoms with van der Waals surface area (Å²) in [6.45, 7) is 4.86. The van der Waals surface area contributed by atoms with E-state index in [2.05, 4.69) is 35.1 Å². The minimum absolute atomic E-state index is 0.100. The molecule has 8 fully saturated rings. The van der Waals surface area contributed by atoms with Crippen LogP contribution in [-0.4, -0.2) is 62.4 Å². The van der Waals surface area contributed by atoms with E-state index < -0.39 is 0 Å². The number of carbonyl (C=O) groups is 4. The van der Waals surface area contributed by atoms with Crippen LogP contribution in [0.25, 0.3) is 0 Å². The van der Waals surface area contributed by atoms with E-state index in [1.807, 2.05) is 0 Å². The minimum Gasteiger partial charge on any atom is -0.359 e. The average molecular weight is 583 g/mol. The van der Waals surface area contributed by atoms with Crippen LogP contribution < -0.4 is 21.3 Å². The fraction of sp³-hybridized carbons (Fsp3) is 0.875. The second-order valence-electron chi connectivity index (χ2n) is 15.2. The summed E-state index contributed by atoms with van der Waals surface area (Å²) in [5.74, 6) is 4.58. The lowest BCUT2D eigenvalue weighted by molar-refractivity contribution is -0.208. The molecule has 0 radical (unpaired) electrons. The second-order valence-corrected chi connectivity index (χ2v) is 15.2. The lowest BCUT2D eigenvalue weighted by atomic mass is 9.60. The maximum Gasteiger partial charge on any atom is 0.222 e. The zero-order valence-corrected chi connectivity index (χ0v) is 25.2. The molecule has 0 aromatic carbocycles. The molecule has 2 aliphatic heterocycles. The molecule has 6 aliphatic carbocycles. The number of hydrogen-bond donors (Lipinski definition) is 4. The zero-order chi connectivity index (χ0) is 29.3. The van der Waals surface area contributed by atoms with Gasteiger partial charge in [-0.2, -0.15) is 0 Å². The monoisotopic (exact) mass is 582 g/mol. The third kappa shape index (κ3) is 3.23. The maximum absolute atomic E-state index is 13.2. The summed E-state index contributed by atoms with van der Waals surface area (Å²) in [7, 11) is 3.20. The molecule has 10 heteroatoms. The van der Waals surface area contributed by atoms with Crippen LogP contribution in [0.1, 0.15) is 65.2 Å². The van der Waals surface area contributed by atoms with Crippen LogP contribution in [0.4, 0.5) is 0 Å². The van der Waals surface area contributed by atoms with Gasteiger partial charge in [0.05, 0.1) is 12.2 Å². The van der Waals surface area contributed by atoms with Gasteiger partial charge in [-0.05, 0) is 84.9 Å². The molecular formula is C32H46N4O6. The van der Waals surface area contributed by atoms with Crippen molar-refractivity contribution in [2.75, 3.05) is 14.1 Å². The highest BCUT2D eigenvalue weighted by molar-refractivity contribution is 5.84. The van der Waals surface area contributed by atoms with Crippen molar-refractivity contribution >= 4 is 23.6 Å². The van der Waals surface area contributed by atoms with E-state index in [9.17, 15) is 19.2 Å². The van der Waals surface area contributed by atoms with Gasteiger partial charge in [0, 0.05) is 50.6 Å². The Labute approximate surface area is 247 Å². The normalized spacial score (nSPS) is 52.7. The Morgan fingerprint density at radius 2 is 0.952 bits per heavy atom. The van der Waals surface area contributed by atoms with Gasteiger partial charge in [0.1, 0.15) is 12.5 Å². The van der Waals surface area contributed by atoms with E-state index >= 15 is 0 Å². The molecule has 8 rings (SSSR count). The molecule has 6 saturated carbocycles. The van der Waals surface area contributed by atoms with Crippen molar-refractivity contribution in [2.24, 2.45) is 70.0 Å². The molecule has 4 N–H and O–H groups in total. The molecule has 42 heavy (non-hydrogen) atoms. The number of carbonyl (C=O) groups excluding carboxylic acids is 4. The van der Waals surface area contributed by atoms with E-state index in [1.54, 1.807) is 14.1 Å². The van der Waals surface area contributed by atoms with E-state index in [1.165, 1.54) is 0 Å². The van der Waals surface area contributed by atoms with Gasteiger partial charge < -0.3 is 30.7 Å². The topological polar surface area (TPSA) is 135 Å². The summed E-state index contributed by atoms with van der Waals surface area (Å²) in [5.41, 5.74) is -0.304. The first-order chi connectivity index (χ1) is 20.1. The van der Waals surface area contributed by atoms with E-state index in [0.717, 1.165) is 25.7 Å². The molecule has 2 saturated heterocycles. The third-order valence-corrected chi connectivity index (χ3v) is 14.2. The molecule has 8 aliphatic rings. The van der Waals surface area contributed by atoms with E-state index in [4.69, 9.17) is 9.47 Å². The number of fused-ring (bicyclic) bond motifs is 4. The molecule has 0 bridgehead atoms. The van der Waals surface area contributed by atoms with E-state index in [0.29, 0.717) is 59.2 Å². The number of rotatable bonds is 8. The van der Waals surface area contributed by atoms with Gasteiger partial charge in [-0.1, -0.05) is 13.8 Å². The van der Waals surface area contributed by atoms with Crippen molar-refractivity contribution in [3.05, 3.63) is 0 Å². The average Bonchev–Trinajstić information content (AvgIpc) is 3.77. The van der Waals surface area contributed by atoms with Crippen LogP contribution in [-0.2, 0) is 28.7 Å². The number of hydrogen-bond acceptors (Lipinski definition) is 6. The van der Waals surface area contributed by atoms with Crippen molar-refractivity contribution in [1.29, 1.82) is 0 Å². The van der Waals surface area contributed by atoms with Crippen LogP contribution in [0.5, 0.6) is 0 Å². The predicted molar refractivity (Wildman–Crippen MR) is 150 cm³/mol. The highest BCUT2D eigenvalue weighted by Gasteiger charge is 2.87. The summed E-state index contributed by atoms with van der Waals surface area (Å²) in [6.07, 6.45) is 4.56. The Morgan fingerprint density at radius 3 is 1.33 bits per heavy atom. The Kier molecular flexibility index (Phi) is 5.97. The van der Waals surface area contributed by atoms with Gasteiger partial charge >= 0.3 is 0 Å². The first-order valence-corrected chi connectivity index (χ1v) is 16.4. The summed E-state index contributed by atoms with van der Waals surface area (Å²) in [5, 5.41) is 11.9. The molecule has 0 aromatic heterocycles. The molecule has 16 atom stereocenters. The highest BCUT2D eigenvalue weighted by Crippen LogP contribution is 2.87. The van der Waals surface area contributed by atoms with Crippen LogP contribution >= 0.6 is 0 Å². The van der Waals surface area contributed by atoms with Crippen molar-refractivity contribution < 1.29 is 28.7 Å². The van der Waals surface area contributed by atoms with Crippen LogP contribution in [0, 0.1) is 70.0 Å². The molecule has 0 unspecified atom stereocenters. The standard InChI is InChI=1S/C32H46N4O6/c1-31-25-13-5-7-16-22(13)28-23(25)24-26(32(28,2)30(42-16)36-20(40)12-10-18(38)34-4)14-6-8-15(21(14)27(24)31)41-29(31)35-19(39)11-9-17(37)33-3/h13-16,21-30H,5-12H2,1-4H3,(H,33,37)(H,34,38)(H,35,39)(H,36,40)/t13-,14+,15-,16-,21+,22+,23+,24+,25+,26-,27-,28-,29+,30+,31+,32+/m1/s1. The fourth-order valence-corrected chi connectivity index (χ4v) is 13.4. The maximum atomic E-state index is 13.2. The molecule has 0 spiro atoms. The lowest BCUT2D eigenvalue weighted by Gasteiger charge is -2.53. The smallest absolute Gasteiger partial charge is 0.222 e. The molecule has 10 nitrogen and oxygen atoms in total. The third-order valence-electron chi connectivity index (χ3n) is 14.2. The van der Waals surface area contributed by atoms with Crippen LogP contribution in [0.3, 0.4) is 0 Å². The van der Waals surface area contributed by atoms with Gasteiger partial charge in [0.25, 0.3) is 0 Å². The number of ether oxygens (including phenoxy) is 2. The predicted octanol–water partition coefficient (Wildman–Crippen LogP) is 1.54. The zero-order valence-electron chi connectivity index (χ0n) is 25.2. The van der Waals surface area contributed by atoms with Crippen LogP contribution in [0.15, 0.2) is 0 Å². The SMILES string of the molecule is CNC(=O)CCC(=O)N[C@H]1O[C@@H]2CC[C@@H]3[C@@H]2[C@@H]2[C@H]4[C@@H]5[C@H]6[C@H]7[C@H](CC[C@H]7O[C@H](NC(=O)CCC(=O)NC)[C@@]6(C)[C@@H]34)[C@H]5[C@@]21C. The Morgan fingerprint density at radius 1 is 0.571 bits per heavy atom. The summed E-state index contributed by atoms with van der Waals surface area (Å²) >= 11 is 0. The molecular weight excluding hydrogens is 536 g/mol. The fourth-order valence-electron chi connectivity index (χ4n) is 13.4. The molecule has 4 amide bonds. The largest absolute Gasteiger partial charge is 0.359 e. The van der Waals surface area contributed by atoms with Gasteiger partial charge in [-0.15, -0.1) is 0 Å². The quantitative estimate of drug-likeness (QED) is 0.343. The summed E-state index contributed by atoms with van der Waals surface area (Å²) in [6, 6.07) is 0. The number of nitrogens with one attached hydrogen (secondary N) is 4. The van der Waals surface area contributed by atoms with Crippen molar-refractivity contribution in [2.45, 2.75) is 89.9 Å². The van der Waals surface area contributed by atoms with Crippen molar-refractivity contribution in [3.8, 4) is 0 Å². The van der Waals surface area contributed by atoms with Crippen LogP contribution in [0.2, 0.25) is 0 Å². The number of amides is 4. The Hall–Kier alpha value is -2.20. The van der Waals surface area contributed by atoms with Gasteiger partial charge in [-0.3, -0.25) is 19.2 Å². The van der Waals surface area contributed by atoms with E-state index in [-0.39, 0.29) is 84.8 Å². The highest BCUT2D eigenvalue weighted by atomic mass is 16.5. The van der Waals surface area contributed by atoms with Gasteiger partial charge in [0.15, 0.2) is 0 Å². The second kappa shape index (κ2) is 9.16. The Balaban J connectivity index is 1.14. The summed E-state index contributed by atoms with van der Waals surface area (Å²) in [4.78, 5) is 50.1. The van der Waals surface area contributed by atoms with Crippen molar-refractivity contribution in [3.63, 3.8) is 0 Å². The molecule has 2 heterocycles. The molecule has 0 aromatic rings.